The third-order valence-electron chi connectivity index (χ3n) is 3.51. The topological polar surface area (TPSA) is 58.2 Å². The predicted molar refractivity (Wildman–Crippen MR) is 79.7 cm³/mol. The van der Waals surface area contributed by atoms with Crippen LogP contribution in [0.1, 0.15) is 25.3 Å². The first-order chi connectivity index (χ1) is 8.92. The van der Waals surface area contributed by atoms with Gasteiger partial charge in [-0.1, -0.05) is 12.1 Å². The number of rotatable bonds is 3. The van der Waals surface area contributed by atoms with Crippen LogP contribution in [0.5, 0.6) is 0 Å². The number of hydrogen-bond donors (Lipinski definition) is 2. The zero-order valence-corrected chi connectivity index (χ0v) is 13.5. The molecule has 1 aliphatic heterocycles. The summed E-state index contributed by atoms with van der Waals surface area (Å²) in [6.45, 7) is 4.85. The van der Waals surface area contributed by atoms with Gasteiger partial charge in [-0.3, -0.25) is 0 Å². The van der Waals surface area contributed by atoms with E-state index in [1.165, 1.54) is 0 Å². The summed E-state index contributed by atoms with van der Waals surface area (Å²) in [7, 11) is -3.48. The average molecular weight is 347 g/mol. The number of sulfonamides is 1. The minimum atomic E-state index is -3.48. The Morgan fingerprint density at radius 3 is 2.84 bits per heavy atom. The molecule has 2 atom stereocenters. The van der Waals surface area contributed by atoms with Crippen molar-refractivity contribution < 1.29 is 8.42 Å². The van der Waals surface area contributed by atoms with Gasteiger partial charge in [0.15, 0.2) is 0 Å². The lowest BCUT2D eigenvalue weighted by atomic mass is 10.0. The molecule has 0 amide bonds. The van der Waals surface area contributed by atoms with E-state index in [1.807, 2.05) is 19.9 Å². The molecule has 0 bridgehead atoms. The summed E-state index contributed by atoms with van der Waals surface area (Å²) in [6.07, 6.45) is 1.86. The van der Waals surface area contributed by atoms with Crippen molar-refractivity contribution >= 4 is 26.0 Å². The second-order valence-electron chi connectivity index (χ2n) is 5.00. The number of halogens is 1. The highest BCUT2D eigenvalue weighted by molar-refractivity contribution is 9.10. The number of benzene rings is 1. The van der Waals surface area contributed by atoms with Gasteiger partial charge >= 0.3 is 0 Å². The van der Waals surface area contributed by atoms with Crippen molar-refractivity contribution in [2.24, 2.45) is 0 Å². The van der Waals surface area contributed by atoms with E-state index in [4.69, 9.17) is 0 Å². The number of aryl methyl sites for hydroxylation is 1. The standard InChI is InChI=1S/C13H19BrN2O2S/c1-9-5-3-7-12(13(9)14)19(17,18)16-11-6-4-8-15-10(11)2/h3,5,7,10-11,15-16H,4,6,8H2,1-2H3. The fourth-order valence-electron chi connectivity index (χ4n) is 2.30. The fraction of sp³-hybridized carbons (Fsp3) is 0.538. The molecule has 1 saturated heterocycles. The van der Waals surface area contributed by atoms with E-state index in [9.17, 15) is 8.42 Å². The summed E-state index contributed by atoms with van der Waals surface area (Å²) >= 11 is 3.36. The number of nitrogens with one attached hydrogen (secondary N) is 2. The zero-order chi connectivity index (χ0) is 14.0. The number of piperidine rings is 1. The SMILES string of the molecule is Cc1cccc(S(=O)(=O)NC2CCCNC2C)c1Br. The molecule has 2 unspecified atom stereocenters. The van der Waals surface area contributed by atoms with E-state index >= 15 is 0 Å². The van der Waals surface area contributed by atoms with Crippen LogP contribution < -0.4 is 10.0 Å². The summed E-state index contributed by atoms with van der Waals surface area (Å²) in [5, 5.41) is 3.29. The molecular formula is C13H19BrN2O2S. The summed E-state index contributed by atoms with van der Waals surface area (Å²) in [5.74, 6) is 0. The van der Waals surface area contributed by atoms with Crippen LogP contribution in [0.3, 0.4) is 0 Å². The maximum Gasteiger partial charge on any atom is 0.242 e. The van der Waals surface area contributed by atoms with Gasteiger partial charge in [0, 0.05) is 16.6 Å². The molecule has 1 heterocycles. The first-order valence-corrected chi connectivity index (χ1v) is 8.70. The monoisotopic (exact) mass is 346 g/mol. The van der Waals surface area contributed by atoms with Crippen LogP contribution in [0.25, 0.3) is 0 Å². The lowest BCUT2D eigenvalue weighted by Gasteiger charge is -2.30. The Balaban J connectivity index is 2.25. The smallest absolute Gasteiger partial charge is 0.242 e. The first kappa shape index (κ1) is 15.0. The van der Waals surface area contributed by atoms with Crippen molar-refractivity contribution in [3.63, 3.8) is 0 Å². The van der Waals surface area contributed by atoms with Crippen molar-refractivity contribution in [1.82, 2.24) is 10.0 Å². The molecule has 1 aromatic carbocycles. The van der Waals surface area contributed by atoms with Crippen molar-refractivity contribution in [2.45, 2.75) is 43.7 Å². The molecule has 19 heavy (non-hydrogen) atoms. The molecule has 1 fully saturated rings. The van der Waals surface area contributed by atoms with Gasteiger partial charge in [0.25, 0.3) is 0 Å². The molecule has 0 radical (unpaired) electrons. The normalized spacial score (nSPS) is 24.4. The zero-order valence-electron chi connectivity index (χ0n) is 11.1. The van der Waals surface area contributed by atoms with Crippen molar-refractivity contribution in [2.75, 3.05) is 6.54 Å². The van der Waals surface area contributed by atoms with E-state index in [2.05, 4.69) is 26.0 Å². The summed E-state index contributed by atoms with van der Waals surface area (Å²) < 4.78 is 28.3. The Kier molecular flexibility index (Phi) is 4.66. The number of hydrogen-bond acceptors (Lipinski definition) is 3. The molecule has 1 aliphatic rings. The Labute approximate surface area is 123 Å². The van der Waals surface area contributed by atoms with E-state index in [0.29, 0.717) is 9.37 Å². The van der Waals surface area contributed by atoms with Crippen LogP contribution >= 0.6 is 15.9 Å². The summed E-state index contributed by atoms with van der Waals surface area (Å²) in [4.78, 5) is 0.310. The Bertz CT molecular complexity index is 560. The molecule has 0 saturated carbocycles. The minimum absolute atomic E-state index is 0.0498. The van der Waals surface area contributed by atoms with Crippen LogP contribution in [-0.4, -0.2) is 27.0 Å². The Morgan fingerprint density at radius 2 is 2.16 bits per heavy atom. The van der Waals surface area contributed by atoms with Crippen LogP contribution in [0.15, 0.2) is 27.6 Å². The van der Waals surface area contributed by atoms with Gasteiger partial charge in [-0.15, -0.1) is 0 Å². The minimum Gasteiger partial charge on any atom is -0.313 e. The van der Waals surface area contributed by atoms with E-state index in [-0.39, 0.29) is 12.1 Å². The molecule has 0 aromatic heterocycles. The first-order valence-electron chi connectivity index (χ1n) is 6.42. The lowest BCUT2D eigenvalue weighted by molar-refractivity contribution is 0.348. The maximum absolute atomic E-state index is 12.5. The second kappa shape index (κ2) is 5.91. The lowest BCUT2D eigenvalue weighted by Crippen LogP contribution is -2.51. The van der Waals surface area contributed by atoms with Crippen molar-refractivity contribution in [3.8, 4) is 0 Å². The van der Waals surface area contributed by atoms with Crippen LogP contribution in [0.4, 0.5) is 0 Å². The molecule has 0 aliphatic carbocycles. The molecule has 106 valence electrons. The summed E-state index contributed by atoms with van der Waals surface area (Å²) in [5.41, 5.74) is 0.915. The highest BCUT2D eigenvalue weighted by Gasteiger charge is 2.27. The van der Waals surface area contributed by atoms with Crippen LogP contribution in [-0.2, 0) is 10.0 Å². The molecule has 4 nitrogen and oxygen atoms in total. The Morgan fingerprint density at radius 1 is 1.42 bits per heavy atom. The third kappa shape index (κ3) is 3.37. The quantitative estimate of drug-likeness (QED) is 0.881. The highest BCUT2D eigenvalue weighted by atomic mass is 79.9. The molecule has 0 spiro atoms. The largest absolute Gasteiger partial charge is 0.313 e. The van der Waals surface area contributed by atoms with E-state index in [1.54, 1.807) is 12.1 Å². The van der Waals surface area contributed by atoms with Gasteiger partial charge < -0.3 is 5.32 Å². The second-order valence-corrected chi connectivity index (χ2v) is 7.48. The van der Waals surface area contributed by atoms with Gasteiger partial charge in [-0.25, -0.2) is 13.1 Å². The van der Waals surface area contributed by atoms with Crippen molar-refractivity contribution in [3.05, 3.63) is 28.2 Å². The van der Waals surface area contributed by atoms with Gasteiger partial charge in [0.05, 0.1) is 4.90 Å². The van der Waals surface area contributed by atoms with E-state index in [0.717, 1.165) is 24.9 Å². The van der Waals surface area contributed by atoms with Crippen LogP contribution in [0.2, 0.25) is 0 Å². The van der Waals surface area contributed by atoms with E-state index < -0.39 is 10.0 Å². The van der Waals surface area contributed by atoms with Gasteiger partial charge in [0.1, 0.15) is 0 Å². The van der Waals surface area contributed by atoms with Crippen molar-refractivity contribution in [1.29, 1.82) is 0 Å². The van der Waals surface area contributed by atoms with Crippen LogP contribution in [0, 0.1) is 6.92 Å². The van der Waals surface area contributed by atoms with Gasteiger partial charge in [0.2, 0.25) is 10.0 Å². The molecule has 2 N–H and O–H groups in total. The maximum atomic E-state index is 12.5. The Hall–Kier alpha value is -0.430. The van der Waals surface area contributed by atoms with Gasteiger partial charge in [-0.05, 0) is 60.8 Å². The molecular weight excluding hydrogens is 328 g/mol. The fourth-order valence-corrected chi connectivity index (χ4v) is 4.70. The highest BCUT2D eigenvalue weighted by Crippen LogP contribution is 2.26. The predicted octanol–water partition coefficient (Wildman–Crippen LogP) is 2.18. The molecule has 1 aromatic rings. The molecule has 2 rings (SSSR count). The van der Waals surface area contributed by atoms with Gasteiger partial charge in [-0.2, -0.15) is 0 Å². The third-order valence-corrected chi connectivity index (χ3v) is 6.36. The average Bonchev–Trinajstić information content (AvgIpc) is 2.35. The summed E-state index contributed by atoms with van der Waals surface area (Å²) in [6, 6.07) is 5.38. The molecule has 6 heteroatoms.